The first-order valence-corrected chi connectivity index (χ1v) is 12.3. The summed E-state index contributed by atoms with van der Waals surface area (Å²) in [6.45, 7) is 3.38. The number of rotatable bonds is 6. The molecule has 2 aliphatic heterocycles. The zero-order valence-corrected chi connectivity index (χ0v) is 20.0. The Morgan fingerprint density at radius 2 is 1.66 bits per heavy atom. The molecular weight excluding hydrogens is 466 g/mol. The quantitative estimate of drug-likeness (QED) is 0.394. The van der Waals surface area contributed by atoms with Crippen molar-refractivity contribution in [3.8, 4) is 28.4 Å². The van der Waals surface area contributed by atoms with Crippen molar-refractivity contribution in [1.82, 2.24) is 15.0 Å². The van der Waals surface area contributed by atoms with Crippen LogP contribution >= 0.6 is 11.6 Å². The maximum atomic E-state index is 9.24. The zero-order chi connectivity index (χ0) is 23.9. The van der Waals surface area contributed by atoms with Crippen molar-refractivity contribution in [3.05, 3.63) is 65.2 Å². The molecule has 8 heteroatoms. The molecule has 2 N–H and O–H groups in total. The first-order valence-electron chi connectivity index (χ1n) is 11.9. The number of aliphatic hydroxyl groups excluding tert-OH is 1. The highest BCUT2D eigenvalue weighted by Crippen LogP contribution is 2.35. The van der Waals surface area contributed by atoms with Gasteiger partial charge in [-0.1, -0.05) is 67.1 Å². The summed E-state index contributed by atoms with van der Waals surface area (Å²) in [6.07, 6.45) is 0.842. The Morgan fingerprint density at radius 1 is 0.971 bits per heavy atom. The molecule has 35 heavy (non-hydrogen) atoms. The Labute approximate surface area is 208 Å². The van der Waals surface area contributed by atoms with Crippen LogP contribution in [-0.4, -0.2) is 51.6 Å². The highest BCUT2D eigenvalue weighted by Gasteiger charge is 2.48. The van der Waals surface area contributed by atoms with Crippen LogP contribution in [0.25, 0.3) is 33.5 Å². The Hall–Kier alpha value is -2.97. The number of aromatic amines is 1. The molecule has 4 heterocycles. The largest absolute Gasteiger partial charge is 0.456 e. The third-order valence-electron chi connectivity index (χ3n) is 6.93. The number of ether oxygens (including phenoxy) is 3. The van der Waals surface area contributed by atoms with Crippen LogP contribution in [0.1, 0.15) is 18.9 Å². The van der Waals surface area contributed by atoms with Gasteiger partial charge in [-0.15, -0.1) is 0 Å². The predicted molar refractivity (Wildman–Crippen MR) is 133 cm³/mol. The lowest BCUT2D eigenvalue weighted by molar-refractivity contribution is 0.0258. The summed E-state index contributed by atoms with van der Waals surface area (Å²) in [4.78, 5) is 12.4. The van der Waals surface area contributed by atoms with E-state index in [1.807, 2.05) is 54.6 Å². The Morgan fingerprint density at radius 3 is 2.37 bits per heavy atom. The maximum absolute atomic E-state index is 9.24. The van der Waals surface area contributed by atoms with Crippen molar-refractivity contribution in [2.24, 2.45) is 5.92 Å². The molecule has 4 unspecified atom stereocenters. The number of halogens is 1. The number of fused-ring (bicyclic) bond motifs is 2. The average Bonchev–Trinajstić information content (AvgIpc) is 3.59. The Kier molecular flexibility index (Phi) is 5.94. The van der Waals surface area contributed by atoms with Gasteiger partial charge < -0.3 is 24.3 Å². The molecule has 2 aromatic heterocycles. The number of nitrogens with one attached hydrogen (secondary N) is 1. The van der Waals surface area contributed by atoms with E-state index in [2.05, 4.69) is 16.9 Å². The van der Waals surface area contributed by atoms with Gasteiger partial charge in [0.15, 0.2) is 11.8 Å². The molecular formula is C27H26ClN3O4. The molecule has 180 valence electrons. The van der Waals surface area contributed by atoms with Crippen LogP contribution in [0.3, 0.4) is 0 Å². The average molecular weight is 492 g/mol. The minimum atomic E-state index is -0.203. The van der Waals surface area contributed by atoms with E-state index in [1.165, 1.54) is 0 Å². The first kappa shape index (κ1) is 22.5. The standard InChI is InChI=1S/C27H26ClN3O4/c1-2-16-13-33-25-22(14-34-24(16)25)35-27-29-21-11-20(28)23(30-26(21)31-27)19-9-7-18(8-10-19)17-5-3-15(12-32)4-6-17/h3-11,16,22,24-25,32H,2,12-14H2,1H3,(H,29,30,31). The molecule has 0 aliphatic carbocycles. The van der Waals surface area contributed by atoms with E-state index in [1.54, 1.807) is 0 Å². The van der Waals surface area contributed by atoms with Crippen molar-refractivity contribution in [1.29, 1.82) is 0 Å². The number of aromatic nitrogens is 3. The van der Waals surface area contributed by atoms with Gasteiger partial charge in [0.05, 0.1) is 42.2 Å². The van der Waals surface area contributed by atoms with Gasteiger partial charge in [0, 0.05) is 11.5 Å². The number of benzene rings is 2. The minimum Gasteiger partial charge on any atom is -0.456 e. The molecule has 7 nitrogen and oxygen atoms in total. The SMILES string of the molecule is CCC1COC2C(Oc3nc4nc(-c5ccc(-c6ccc(CO)cc6)cc5)c(Cl)cc4[nH]3)COC12. The number of hydrogen-bond donors (Lipinski definition) is 2. The fourth-order valence-electron chi connectivity index (χ4n) is 4.91. The Balaban J connectivity index is 1.22. The van der Waals surface area contributed by atoms with Gasteiger partial charge in [-0.2, -0.15) is 4.98 Å². The third-order valence-corrected chi connectivity index (χ3v) is 7.22. The van der Waals surface area contributed by atoms with Crippen LogP contribution in [-0.2, 0) is 16.1 Å². The van der Waals surface area contributed by atoms with Crippen molar-refractivity contribution in [2.75, 3.05) is 13.2 Å². The van der Waals surface area contributed by atoms with E-state index in [-0.39, 0.29) is 24.9 Å². The topological polar surface area (TPSA) is 89.5 Å². The van der Waals surface area contributed by atoms with Crippen molar-refractivity contribution in [2.45, 2.75) is 38.3 Å². The van der Waals surface area contributed by atoms with Gasteiger partial charge in [0.2, 0.25) is 0 Å². The van der Waals surface area contributed by atoms with Crippen LogP contribution in [0.5, 0.6) is 6.01 Å². The van der Waals surface area contributed by atoms with Crippen molar-refractivity contribution in [3.63, 3.8) is 0 Å². The monoisotopic (exact) mass is 491 g/mol. The second kappa shape index (κ2) is 9.24. The van der Waals surface area contributed by atoms with E-state index < -0.39 is 0 Å². The third kappa shape index (κ3) is 4.19. The summed E-state index contributed by atoms with van der Waals surface area (Å²) in [5.41, 5.74) is 5.84. The van der Waals surface area contributed by atoms with Gasteiger partial charge in [0.25, 0.3) is 6.01 Å². The van der Waals surface area contributed by atoms with E-state index >= 15 is 0 Å². The molecule has 2 saturated heterocycles. The second-order valence-corrected chi connectivity index (χ2v) is 9.49. The minimum absolute atomic E-state index is 0.0362. The van der Waals surface area contributed by atoms with Crippen LogP contribution < -0.4 is 4.74 Å². The number of pyridine rings is 1. The fraction of sp³-hybridized carbons (Fsp3) is 0.333. The molecule has 2 aliphatic rings. The van der Waals surface area contributed by atoms with E-state index in [9.17, 15) is 5.11 Å². The second-order valence-electron chi connectivity index (χ2n) is 9.08. The van der Waals surface area contributed by atoms with E-state index in [0.29, 0.717) is 47.0 Å². The van der Waals surface area contributed by atoms with Crippen LogP contribution in [0.4, 0.5) is 0 Å². The molecule has 0 spiro atoms. The molecule has 2 aromatic carbocycles. The normalized spacial score (nSPS) is 23.6. The molecule has 0 bridgehead atoms. The van der Waals surface area contributed by atoms with Crippen LogP contribution in [0, 0.1) is 5.92 Å². The van der Waals surface area contributed by atoms with Crippen molar-refractivity contribution >= 4 is 22.8 Å². The lowest BCUT2D eigenvalue weighted by atomic mass is 9.99. The Bertz CT molecular complexity index is 1340. The first-order chi connectivity index (χ1) is 17.1. The van der Waals surface area contributed by atoms with Crippen LogP contribution in [0.2, 0.25) is 5.02 Å². The van der Waals surface area contributed by atoms with E-state index in [4.69, 9.17) is 30.8 Å². The summed E-state index contributed by atoms with van der Waals surface area (Å²) in [7, 11) is 0. The number of H-pyrrole nitrogens is 1. The zero-order valence-electron chi connectivity index (χ0n) is 19.3. The molecule has 4 atom stereocenters. The number of imidazole rings is 1. The molecule has 2 fully saturated rings. The lowest BCUT2D eigenvalue weighted by Crippen LogP contribution is -2.33. The van der Waals surface area contributed by atoms with Gasteiger partial charge >= 0.3 is 0 Å². The summed E-state index contributed by atoms with van der Waals surface area (Å²) in [6, 6.07) is 18.1. The number of nitrogens with zero attached hydrogens (tertiary/aromatic N) is 2. The summed E-state index contributed by atoms with van der Waals surface area (Å²) < 4.78 is 18.0. The number of hydrogen-bond acceptors (Lipinski definition) is 6. The summed E-state index contributed by atoms with van der Waals surface area (Å²) in [5.74, 6) is 0.415. The summed E-state index contributed by atoms with van der Waals surface area (Å²) >= 11 is 6.60. The fourth-order valence-corrected chi connectivity index (χ4v) is 5.18. The van der Waals surface area contributed by atoms with Gasteiger partial charge in [-0.25, -0.2) is 4.98 Å². The highest BCUT2D eigenvalue weighted by atomic mass is 35.5. The molecule has 0 radical (unpaired) electrons. The van der Waals surface area contributed by atoms with Gasteiger partial charge in [-0.05, 0) is 29.2 Å². The van der Waals surface area contributed by atoms with Crippen molar-refractivity contribution < 1.29 is 19.3 Å². The van der Waals surface area contributed by atoms with Gasteiger partial charge in [0.1, 0.15) is 6.10 Å². The lowest BCUT2D eigenvalue weighted by Gasteiger charge is -2.16. The summed E-state index contributed by atoms with van der Waals surface area (Å²) in [5, 5.41) is 9.77. The highest BCUT2D eigenvalue weighted by molar-refractivity contribution is 6.33. The van der Waals surface area contributed by atoms with E-state index in [0.717, 1.165) is 28.7 Å². The molecule has 6 rings (SSSR count). The molecule has 4 aromatic rings. The molecule has 0 amide bonds. The smallest absolute Gasteiger partial charge is 0.296 e. The predicted octanol–water partition coefficient (Wildman–Crippen LogP) is 5.01. The van der Waals surface area contributed by atoms with Crippen LogP contribution in [0.15, 0.2) is 54.6 Å². The van der Waals surface area contributed by atoms with Gasteiger partial charge in [-0.3, -0.25) is 0 Å². The number of aliphatic hydroxyl groups is 1. The maximum Gasteiger partial charge on any atom is 0.296 e. The molecule has 0 saturated carbocycles.